The highest BCUT2D eigenvalue weighted by Crippen LogP contribution is 2.81. The molecule has 2 N–H and O–H groups in total. The third kappa shape index (κ3) is 7.74. The molecule has 28 rings (SSSR count). The first-order valence-electron chi connectivity index (χ1n) is 38.9. The second kappa shape index (κ2) is 18.7. The minimum atomic E-state index is -0.857. The van der Waals surface area contributed by atoms with Gasteiger partial charge in [0.25, 0.3) is 0 Å². The van der Waals surface area contributed by atoms with Crippen molar-refractivity contribution in [2.45, 2.75) is 240 Å². The lowest BCUT2D eigenvalue weighted by Gasteiger charge is -2.74. The number of ether oxygens (including phenoxy) is 2. The predicted molar refractivity (Wildman–Crippen MR) is 356 cm³/mol. The molecule has 24 aliphatic carbocycles. The van der Waals surface area contributed by atoms with Gasteiger partial charge in [-0.15, -0.1) is 0 Å². The fraction of sp³-hybridized carbons (Fsp3) is 0.698. The molecule has 482 valence electrons. The summed E-state index contributed by atoms with van der Waals surface area (Å²) in [5.41, 5.74) is 8.67. The van der Waals surface area contributed by atoms with Crippen LogP contribution < -0.4 is 9.47 Å². The zero-order valence-electron chi connectivity index (χ0n) is 55.0. The van der Waals surface area contributed by atoms with Gasteiger partial charge in [-0.1, -0.05) is 36.4 Å². The average molecular weight is 1230 g/mol. The van der Waals surface area contributed by atoms with Gasteiger partial charge in [0.05, 0.1) is 11.1 Å². The smallest absolute Gasteiger partial charge is 0.335 e. The molecule has 92 heavy (non-hydrogen) atoms. The van der Waals surface area contributed by atoms with E-state index in [4.69, 9.17) is 9.47 Å². The lowest BCUT2D eigenvalue weighted by atomic mass is 9.30. The van der Waals surface area contributed by atoms with E-state index in [0.29, 0.717) is 44.6 Å². The molecule has 0 heterocycles. The van der Waals surface area contributed by atoms with E-state index in [0.717, 1.165) is 118 Å². The highest BCUT2D eigenvalue weighted by molar-refractivity contribution is 5.89. The summed E-state index contributed by atoms with van der Waals surface area (Å²) in [5.74, 6) is 16.6. The van der Waals surface area contributed by atoms with Crippen molar-refractivity contribution >= 4 is 11.9 Å². The van der Waals surface area contributed by atoms with Crippen molar-refractivity contribution in [1.82, 2.24) is 0 Å². The molecule has 0 spiro atoms. The zero-order valence-corrected chi connectivity index (χ0v) is 55.0. The van der Waals surface area contributed by atoms with Gasteiger partial charge in [-0.2, -0.15) is 0 Å². The fourth-order valence-electron chi connectivity index (χ4n) is 34.9. The molecule has 24 saturated carbocycles. The molecule has 6 heteroatoms. The van der Waals surface area contributed by atoms with Crippen LogP contribution in [0.5, 0.6) is 23.0 Å². The molecule has 0 aromatic heterocycles. The molecule has 4 aromatic rings. The molecule has 10 unspecified atom stereocenters. The summed E-state index contributed by atoms with van der Waals surface area (Å²) in [6.07, 6.45) is 47.6. The van der Waals surface area contributed by atoms with E-state index in [1.807, 2.05) is 24.3 Å². The highest BCUT2D eigenvalue weighted by atomic mass is 16.5. The first-order valence-corrected chi connectivity index (χ1v) is 38.9. The second-order valence-electron chi connectivity index (χ2n) is 39.4. The Hall–Kier alpha value is -4.58. The summed E-state index contributed by atoms with van der Waals surface area (Å²) in [7, 11) is 0. The van der Waals surface area contributed by atoms with Gasteiger partial charge in [0.2, 0.25) is 0 Å². The molecule has 10 atom stereocenters. The summed E-state index contributed by atoms with van der Waals surface area (Å²) >= 11 is 0. The van der Waals surface area contributed by atoms with Crippen LogP contribution in [0.2, 0.25) is 0 Å². The van der Waals surface area contributed by atoms with Crippen LogP contribution in [-0.4, -0.2) is 22.2 Å². The Morgan fingerprint density at radius 3 is 0.924 bits per heavy atom. The Balaban J connectivity index is 0.559. The molecular weight excluding hydrogens is 1130 g/mol. The maximum atomic E-state index is 12.9. The third-order valence-corrected chi connectivity index (χ3v) is 34.3. The number of hydrogen-bond acceptors (Lipinski definition) is 4. The minimum Gasteiger partial charge on any atom is -0.478 e. The Morgan fingerprint density at radius 2 is 0.620 bits per heavy atom. The van der Waals surface area contributed by atoms with Crippen LogP contribution in [0.4, 0.5) is 0 Å². The van der Waals surface area contributed by atoms with Gasteiger partial charge in [0, 0.05) is 22.0 Å². The van der Waals surface area contributed by atoms with Gasteiger partial charge in [-0.3, -0.25) is 0 Å². The number of hydrogen-bond donors (Lipinski definition) is 2. The van der Waals surface area contributed by atoms with Crippen LogP contribution in [0.25, 0.3) is 0 Å². The van der Waals surface area contributed by atoms with Crippen molar-refractivity contribution in [3.8, 4) is 23.0 Å². The summed E-state index contributed by atoms with van der Waals surface area (Å²) in [5, 5.41) is 21.2. The van der Waals surface area contributed by atoms with Crippen LogP contribution >= 0.6 is 0 Å². The standard InChI is InChI=1S/C86H102O6/c87-77(88)63-1-11-71(85-43-55-19-56(44-85)24-65(23-55)75(85)79-29-49-13-50(30-79)15-51(14-49)31-79)73(27-63)91-69-7-3-67(4-8-69)81-35-59-21-60(36-81)40-83(39-59,47-81)84-41-61-22-62(42-84)38-82(37-61,48-84)68-5-9-70(10-6-68)92-74-28-64(78(89)90)2-12-72(74)86-45-57-20-58(46-86)26-66(25-57)76(86)80-32-52-16-53(33-80)18-54(17-52)34-80/h1-12,27-28,49-62,65-66,75-76H,13-26,29-48H2,(H,87,88)(H,89,90). The zero-order chi connectivity index (χ0) is 60.7. The second-order valence-corrected chi connectivity index (χ2v) is 39.4. The van der Waals surface area contributed by atoms with Gasteiger partial charge < -0.3 is 19.7 Å². The van der Waals surface area contributed by atoms with Crippen LogP contribution in [0, 0.1) is 128 Å². The van der Waals surface area contributed by atoms with Crippen molar-refractivity contribution in [2.75, 3.05) is 0 Å². The minimum absolute atomic E-state index is 0.0707. The van der Waals surface area contributed by atoms with Gasteiger partial charge in [-0.05, 0) is 417 Å². The van der Waals surface area contributed by atoms with Crippen molar-refractivity contribution in [2.24, 2.45) is 128 Å². The van der Waals surface area contributed by atoms with Gasteiger partial charge in [-0.25, -0.2) is 9.59 Å². The van der Waals surface area contributed by atoms with E-state index >= 15 is 0 Å². The predicted octanol–water partition coefficient (Wildman–Crippen LogP) is 20.9. The van der Waals surface area contributed by atoms with Gasteiger partial charge in [0.15, 0.2) is 0 Å². The fourth-order valence-corrected chi connectivity index (χ4v) is 34.9. The van der Waals surface area contributed by atoms with E-state index in [1.54, 1.807) is 11.1 Å². The SMILES string of the molecule is O=C(O)c1ccc(C23CC4CC(CC(C4)C2C24CC5CC(CC(C5)C2)C4)C3)c(Oc2ccc(C34CC5CC(C3)CC(C36CC7CC(CC(c8ccc(Oc9cc(C(=O)O)ccc9C9%10CC%11CC(CC(C%11)C9C9%11CC%12CC(CC(C%12)C9)C%11)C%10)cc8)(C7)C3)C6)(C5)C4)cc2)c1. The highest BCUT2D eigenvalue weighted by Gasteiger charge is 2.72. The largest absolute Gasteiger partial charge is 0.478 e. The summed E-state index contributed by atoms with van der Waals surface area (Å²) in [6.45, 7) is 0. The van der Waals surface area contributed by atoms with Gasteiger partial charge >= 0.3 is 11.9 Å². The van der Waals surface area contributed by atoms with Crippen LogP contribution in [0.15, 0.2) is 84.9 Å². The monoisotopic (exact) mass is 1230 g/mol. The Bertz CT molecular complexity index is 3380. The molecule has 0 saturated heterocycles. The summed E-state index contributed by atoms with van der Waals surface area (Å²) in [6, 6.07) is 31.6. The number of rotatable bonds is 13. The van der Waals surface area contributed by atoms with Crippen LogP contribution in [-0.2, 0) is 21.7 Å². The number of benzene rings is 4. The number of carboxylic acid groups (broad SMARTS) is 2. The number of aromatic carboxylic acids is 2. The lowest BCUT2D eigenvalue weighted by molar-refractivity contribution is -0.212. The van der Waals surface area contributed by atoms with E-state index in [-0.39, 0.29) is 21.7 Å². The molecule has 0 amide bonds. The maximum Gasteiger partial charge on any atom is 0.335 e. The average Bonchev–Trinajstić information content (AvgIpc) is 0.697. The molecule has 0 radical (unpaired) electrons. The molecule has 6 nitrogen and oxygen atoms in total. The Kier molecular flexibility index (Phi) is 11.3. The molecule has 0 aliphatic heterocycles. The van der Waals surface area contributed by atoms with E-state index in [9.17, 15) is 19.8 Å². The number of carboxylic acids is 2. The van der Waals surface area contributed by atoms with E-state index in [1.165, 1.54) is 229 Å². The first-order chi connectivity index (χ1) is 44.6. The van der Waals surface area contributed by atoms with E-state index < -0.39 is 11.9 Å². The molecule has 24 aliphatic rings. The molecule has 24 fully saturated rings. The summed E-state index contributed by atoms with van der Waals surface area (Å²) < 4.78 is 14.6. The maximum absolute atomic E-state index is 12.9. The molecular formula is C86H102O6. The van der Waals surface area contributed by atoms with Crippen molar-refractivity contribution in [3.05, 3.63) is 118 Å². The molecule has 4 aromatic carbocycles. The first kappa shape index (κ1) is 55.5. The van der Waals surface area contributed by atoms with Crippen LogP contribution in [0.1, 0.15) is 261 Å². The summed E-state index contributed by atoms with van der Waals surface area (Å²) in [4.78, 5) is 25.8. The topological polar surface area (TPSA) is 93.1 Å². The van der Waals surface area contributed by atoms with E-state index in [2.05, 4.69) is 60.7 Å². The lowest BCUT2D eigenvalue weighted by Crippen LogP contribution is -2.66. The Labute approximate surface area is 547 Å². The van der Waals surface area contributed by atoms with Crippen molar-refractivity contribution < 1.29 is 29.3 Å². The van der Waals surface area contributed by atoms with Crippen LogP contribution in [0.3, 0.4) is 0 Å². The molecule has 24 bridgehead atoms. The number of carbonyl (C=O) groups is 2. The van der Waals surface area contributed by atoms with Crippen molar-refractivity contribution in [1.29, 1.82) is 0 Å². The normalized spacial score (nSPS) is 50.5. The van der Waals surface area contributed by atoms with Gasteiger partial charge in [0.1, 0.15) is 23.0 Å². The Morgan fingerprint density at radius 1 is 0.326 bits per heavy atom. The third-order valence-electron chi connectivity index (χ3n) is 34.3. The quantitative estimate of drug-likeness (QED) is 0.139. The van der Waals surface area contributed by atoms with Crippen molar-refractivity contribution in [3.63, 3.8) is 0 Å².